The van der Waals surface area contributed by atoms with Crippen molar-refractivity contribution in [2.75, 3.05) is 26.2 Å². The lowest BCUT2D eigenvalue weighted by atomic mass is 10.1. The van der Waals surface area contributed by atoms with E-state index in [1.54, 1.807) is 0 Å². The van der Waals surface area contributed by atoms with E-state index in [1.807, 2.05) is 24.3 Å². The Labute approximate surface area is 121 Å². The molecule has 5 heteroatoms. The summed E-state index contributed by atoms with van der Waals surface area (Å²) in [7, 11) is 0. The summed E-state index contributed by atoms with van der Waals surface area (Å²) in [6.45, 7) is 2.83. The first-order chi connectivity index (χ1) is 9.15. The van der Waals surface area contributed by atoms with E-state index < -0.39 is 0 Å². The molecule has 1 aromatic rings. The van der Waals surface area contributed by atoms with Gasteiger partial charge in [0.1, 0.15) is 0 Å². The fourth-order valence-corrected chi connectivity index (χ4v) is 2.39. The Kier molecular flexibility index (Phi) is 5.10. The first-order valence-corrected chi connectivity index (χ1v) is 7.22. The van der Waals surface area contributed by atoms with Gasteiger partial charge >= 0.3 is 0 Å². The zero-order chi connectivity index (χ0) is 13.7. The van der Waals surface area contributed by atoms with Crippen molar-refractivity contribution < 1.29 is 9.59 Å². The molecule has 1 fully saturated rings. The normalized spacial score (nSPS) is 16.2. The average Bonchev–Trinajstić information content (AvgIpc) is 2.39. The van der Waals surface area contributed by atoms with Gasteiger partial charge in [-0.3, -0.25) is 14.5 Å². The van der Waals surface area contributed by atoms with Crippen molar-refractivity contribution in [3.05, 3.63) is 34.3 Å². The highest BCUT2D eigenvalue weighted by Crippen LogP contribution is 2.12. The molecule has 1 amide bonds. The Morgan fingerprint density at radius 3 is 2.74 bits per heavy atom. The number of ketones is 1. The Morgan fingerprint density at radius 1 is 1.32 bits per heavy atom. The molecular formula is C14H17BrN2O2. The van der Waals surface area contributed by atoms with Crippen molar-refractivity contribution in [1.29, 1.82) is 0 Å². The lowest BCUT2D eigenvalue weighted by molar-refractivity contribution is -0.124. The molecule has 0 aromatic heterocycles. The first kappa shape index (κ1) is 14.2. The van der Waals surface area contributed by atoms with E-state index >= 15 is 0 Å². The Morgan fingerprint density at radius 2 is 2.05 bits per heavy atom. The van der Waals surface area contributed by atoms with Crippen LogP contribution in [0.4, 0.5) is 0 Å². The molecule has 1 saturated heterocycles. The van der Waals surface area contributed by atoms with Crippen molar-refractivity contribution in [1.82, 2.24) is 10.2 Å². The molecule has 0 bridgehead atoms. The topological polar surface area (TPSA) is 49.4 Å². The molecule has 0 radical (unpaired) electrons. The van der Waals surface area contributed by atoms with Crippen LogP contribution in [0.1, 0.15) is 23.2 Å². The number of hydrogen-bond donors (Lipinski definition) is 1. The lowest BCUT2D eigenvalue weighted by Gasteiger charge is -2.26. The zero-order valence-electron chi connectivity index (χ0n) is 10.7. The number of nitrogens with zero attached hydrogens (tertiary/aromatic N) is 1. The number of rotatable bonds is 5. The van der Waals surface area contributed by atoms with E-state index in [0.29, 0.717) is 19.5 Å². The number of amides is 1. The Balaban J connectivity index is 1.74. The van der Waals surface area contributed by atoms with Crippen LogP contribution in [-0.4, -0.2) is 42.8 Å². The third-order valence-electron chi connectivity index (χ3n) is 3.16. The van der Waals surface area contributed by atoms with Crippen LogP contribution in [0.15, 0.2) is 28.7 Å². The van der Waals surface area contributed by atoms with Crippen LogP contribution in [0.2, 0.25) is 0 Å². The highest BCUT2D eigenvalue weighted by molar-refractivity contribution is 9.10. The van der Waals surface area contributed by atoms with Gasteiger partial charge in [-0.25, -0.2) is 0 Å². The van der Waals surface area contributed by atoms with E-state index in [-0.39, 0.29) is 11.7 Å². The van der Waals surface area contributed by atoms with Gasteiger partial charge in [-0.05, 0) is 25.1 Å². The smallest absolute Gasteiger partial charge is 0.234 e. The molecule has 0 spiro atoms. The number of nitrogens with one attached hydrogen (secondary N) is 1. The minimum atomic E-state index is 0.0745. The largest absolute Gasteiger partial charge is 0.354 e. The van der Waals surface area contributed by atoms with Crippen molar-refractivity contribution in [3.8, 4) is 0 Å². The molecule has 102 valence electrons. The van der Waals surface area contributed by atoms with E-state index in [4.69, 9.17) is 0 Å². The minimum Gasteiger partial charge on any atom is -0.354 e. The van der Waals surface area contributed by atoms with Crippen molar-refractivity contribution in [2.45, 2.75) is 12.8 Å². The van der Waals surface area contributed by atoms with Crippen LogP contribution in [0.25, 0.3) is 0 Å². The monoisotopic (exact) mass is 324 g/mol. The van der Waals surface area contributed by atoms with E-state index in [1.165, 1.54) is 0 Å². The first-order valence-electron chi connectivity index (χ1n) is 6.43. The molecule has 1 N–H and O–H groups in total. The maximum atomic E-state index is 11.9. The number of carbonyl (C=O) groups excluding carboxylic acids is 2. The van der Waals surface area contributed by atoms with Gasteiger partial charge < -0.3 is 5.32 Å². The van der Waals surface area contributed by atoms with Crippen molar-refractivity contribution in [3.63, 3.8) is 0 Å². The van der Waals surface area contributed by atoms with Crippen LogP contribution < -0.4 is 5.32 Å². The molecule has 2 rings (SSSR count). The molecule has 0 saturated carbocycles. The van der Waals surface area contributed by atoms with Crippen LogP contribution in [0.5, 0.6) is 0 Å². The van der Waals surface area contributed by atoms with Gasteiger partial charge in [-0.15, -0.1) is 0 Å². The highest BCUT2D eigenvalue weighted by atomic mass is 79.9. The van der Waals surface area contributed by atoms with Crippen LogP contribution in [0.3, 0.4) is 0 Å². The van der Waals surface area contributed by atoms with Crippen molar-refractivity contribution in [2.24, 2.45) is 0 Å². The second-order valence-corrected chi connectivity index (χ2v) is 5.58. The third kappa shape index (κ3) is 4.44. The van der Waals surface area contributed by atoms with Gasteiger partial charge in [0, 0.05) is 29.5 Å². The fourth-order valence-electron chi connectivity index (χ4n) is 2.13. The van der Waals surface area contributed by atoms with E-state index in [2.05, 4.69) is 26.1 Å². The molecule has 1 heterocycles. The number of halogens is 1. The zero-order valence-corrected chi connectivity index (χ0v) is 12.3. The highest BCUT2D eigenvalue weighted by Gasteiger charge is 2.15. The summed E-state index contributed by atoms with van der Waals surface area (Å²) in [5, 5.41) is 2.79. The molecule has 19 heavy (non-hydrogen) atoms. The molecule has 0 atom stereocenters. The third-order valence-corrected chi connectivity index (χ3v) is 3.69. The second kappa shape index (κ2) is 6.82. The number of Topliss-reactive ketones (excluding diaryl/α,β-unsaturated/α-hetero) is 1. The molecular weight excluding hydrogens is 308 g/mol. The molecule has 1 aliphatic rings. The molecule has 4 nitrogen and oxygen atoms in total. The number of carbonyl (C=O) groups is 2. The maximum absolute atomic E-state index is 11.9. The summed E-state index contributed by atoms with van der Waals surface area (Å²) in [6, 6.07) is 7.42. The van der Waals surface area contributed by atoms with Gasteiger partial charge in [0.2, 0.25) is 5.91 Å². The van der Waals surface area contributed by atoms with Gasteiger partial charge in [-0.2, -0.15) is 0 Å². The van der Waals surface area contributed by atoms with Gasteiger partial charge in [0.15, 0.2) is 5.78 Å². The summed E-state index contributed by atoms with van der Waals surface area (Å²) in [6.07, 6.45) is 1.32. The SMILES string of the molecule is O=C1CN(CCCC(=O)c2ccc(Br)cc2)CCN1. The quantitative estimate of drug-likeness (QED) is 0.841. The van der Waals surface area contributed by atoms with Crippen LogP contribution >= 0.6 is 15.9 Å². The number of hydrogen-bond acceptors (Lipinski definition) is 3. The Hall–Kier alpha value is -1.20. The lowest BCUT2D eigenvalue weighted by Crippen LogP contribution is -2.47. The minimum absolute atomic E-state index is 0.0745. The van der Waals surface area contributed by atoms with Gasteiger partial charge in [0.25, 0.3) is 0 Å². The summed E-state index contributed by atoms with van der Waals surface area (Å²) in [5.74, 6) is 0.236. The number of benzene rings is 1. The summed E-state index contributed by atoms with van der Waals surface area (Å²) in [4.78, 5) is 25.2. The predicted molar refractivity (Wildman–Crippen MR) is 77.2 cm³/mol. The molecule has 0 aliphatic carbocycles. The molecule has 1 aromatic carbocycles. The average molecular weight is 325 g/mol. The summed E-state index contributed by atoms with van der Waals surface area (Å²) in [5.41, 5.74) is 0.750. The molecule has 0 unspecified atom stereocenters. The maximum Gasteiger partial charge on any atom is 0.234 e. The summed E-state index contributed by atoms with van der Waals surface area (Å²) >= 11 is 3.35. The van der Waals surface area contributed by atoms with Crippen molar-refractivity contribution >= 4 is 27.6 Å². The van der Waals surface area contributed by atoms with Crippen LogP contribution in [0, 0.1) is 0 Å². The fraction of sp³-hybridized carbons (Fsp3) is 0.429. The Bertz CT molecular complexity index is 459. The molecule has 1 aliphatic heterocycles. The van der Waals surface area contributed by atoms with Gasteiger partial charge in [-0.1, -0.05) is 28.1 Å². The van der Waals surface area contributed by atoms with E-state index in [9.17, 15) is 9.59 Å². The second-order valence-electron chi connectivity index (χ2n) is 4.66. The predicted octanol–water partition coefficient (Wildman–Crippen LogP) is 1.84. The summed E-state index contributed by atoms with van der Waals surface area (Å²) < 4.78 is 0.975. The van der Waals surface area contributed by atoms with E-state index in [0.717, 1.165) is 29.5 Å². The van der Waals surface area contributed by atoms with Crippen LogP contribution in [-0.2, 0) is 4.79 Å². The number of piperazine rings is 1. The van der Waals surface area contributed by atoms with Gasteiger partial charge in [0.05, 0.1) is 6.54 Å². The standard InChI is InChI=1S/C14H17BrN2O2/c15-12-5-3-11(4-6-12)13(18)2-1-8-17-9-7-16-14(19)10-17/h3-6H,1-2,7-10H2,(H,16,19).